The lowest BCUT2D eigenvalue weighted by atomic mass is 10.3. The van der Waals surface area contributed by atoms with Crippen LogP contribution in [-0.4, -0.2) is 32.3 Å². The van der Waals surface area contributed by atoms with Gasteiger partial charge in [-0.25, -0.2) is 16.8 Å². The van der Waals surface area contributed by atoms with Gasteiger partial charge in [-0.05, 0) is 18.2 Å². The van der Waals surface area contributed by atoms with Crippen LogP contribution in [0.5, 0.6) is 0 Å². The minimum absolute atomic E-state index is 0.0344. The highest BCUT2D eigenvalue weighted by molar-refractivity contribution is 8.15. The molecule has 0 radical (unpaired) electrons. The van der Waals surface area contributed by atoms with Gasteiger partial charge in [-0.3, -0.25) is 0 Å². The molecule has 0 aliphatic rings. The largest absolute Gasteiger partial charge is 0.434 e. The molecule has 0 bridgehead atoms. The molecule has 2 aromatic heterocycles. The maximum Gasteiger partial charge on any atom is 0.434 e. The Balaban J connectivity index is 2.64. The van der Waals surface area contributed by atoms with E-state index in [9.17, 15) is 30.0 Å². The highest BCUT2D eigenvalue weighted by atomic mass is 35.7. The monoisotopic (exact) mass is 394 g/mol. The molecule has 2 aromatic rings. The number of rotatable bonds is 3. The number of nitrogens with zero attached hydrogens (tertiary/aromatic N) is 2. The fourth-order valence-electron chi connectivity index (χ4n) is 1.52. The molecule has 0 saturated carbocycles. The van der Waals surface area contributed by atoms with Crippen molar-refractivity contribution in [2.45, 2.75) is 10.4 Å². The van der Waals surface area contributed by atoms with Crippen molar-refractivity contribution in [3.05, 3.63) is 23.9 Å². The van der Waals surface area contributed by atoms with E-state index >= 15 is 0 Å². The van der Waals surface area contributed by atoms with Gasteiger partial charge in [0.2, 0.25) is 0 Å². The lowest BCUT2D eigenvalue weighted by molar-refractivity contribution is -0.142. The molecule has 0 atom stereocenters. The van der Waals surface area contributed by atoms with Crippen LogP contribution in [0.2, 0.25) is 0 Å². The fourth-order valence-corrected chi connectivity index (χ4v) is 4.30. The maximum atomic E-state index is 12.9. The van der Waals surface area contributed by atoms with Gasteiger partial charge in [0.05, 0.1) is 11.1 Å². The Morgan fingerprint density at radius 1 is 1.23 bits per heavy atom. The quantitative estimate of drug-likeness (QED) is 0.746. The van der Waals surface area contributed by atoms with Gasteiger partial charge in [0.25, 0.3) is 19.1 Å². The van der Waals surface area contributed by atoms with E-state index in [1.165, 1.54) is 6.07 Å². The highest BCUT2D eigenvalue weighted by Crippen LogP contribution is 2.36. The van der Waals surface area contributed by atoms with E-state index in [0.29, 0.717) is 23.7 Å². The van der Waals surface area contributed by atoms with E-state index in [2.05, 4.69) is 5.10 Å². The summed E-state index contributed by atoms with van der Waals surface area (Å²) in [5, 5.41) is 3.39. The first-order chi connectivity index (χ1) is 9.80. The molecule has 0 spiro atoms. The van der Waals surface area contributed by atoms with Crippen molar-refractivity contribution < 1.29 is 30.0 Å². The Kier molecular flexibility index (Phi) is 4.09. The minimum Gasteiger partial charge on any atom is -0.206 e. The molecule has 0 unspecified atom stereocenters. The van der Waals surface area contributed by atoms with Crippen LogP contribution in [0.3, 0.4) is 0 Å². The van der Waals surface area contributed by atoms with Gasteiger partial charge in [0, 0.05) is 10.7 Å². The van der Waals surface area contributed by atoms with Crippen molar-refractivity contribution in [2.75, 3.05) is 6.26 Å². The van der Waals surface area contributed by atoms with Crippen LogP contribution in [0, 0.1) is 0 Å². The number of alkyl halides is 3. The smallest absolute Gasteiger partial charge is 0.206 e. The summed E-state index contributed by atoms with van der Waals surface area (Å²) >= 11 is 0.578. The zero-order chi connectivity index (χ0) is 16.9. The SMILES string of the molecule is CS(=O)(=O)n1nc(-c2ccc(S(=O)(=O)Cl)s2)cc1C(F)(F)F. The summed E-state index contributed by atoms with van der Waals surface area (Å²) in [6.07, 6.45) is -4.37. The third-order valence-electron chi connectivity index (χ3n) is 2.36. The van der Waals surface area contributed by atoms with Gasteiger partial charge in [-0.2, -0.15) is 22.4 Å². The van der Waals surface area contributed by atoms with Crippen LogP contribution in [0.4, 0.5) is 13.2 Å². The lowest BCUT2D eigenvalue weighted by Crippen LogP contribution is -2.20. The molecule has 122 valence electrons. The zero-order valence-electron chi connectivity index (χ0n) is 10.5. The summed E-state index contributed by atoms with van der Waals surface area (Å²) in [6, 6.07) is 2.81. The van der Waals surface area contributed by atoms with Crippen molar-refractivity contribution in [3.63, 3.8) is 0 Å². The van der Waals surface area contributed by atoms with Crippen molar-refractivity contribution >= 4 is 41.1 Å². The van der Waals surface area contributed by atoms with E-state index in [-0.39, 0.29) is 18.9 Å². The van der Waals surface area contributed by atoms with Crippen LogP contribution in [-0.2, 0) is 25.3 Å². The highest BCUT2D eigenvalue weighted by Gasteiger charge is 2.38. The summed E-state index contributed by atoms with van der Waals surface area (Å²) in [4.78, 5) is 0.0344. The normalized spacial score (nSPS) is 13.5. The van der Waals surface area contributed by atoms with E-state index in [1.807, 2.05) is 0 Å². The van der Waals surface area contributed by atoms with Gasteiger partial charge >= 0.3 is 6.18 Å². The molecule has 0 aromatic carbocycles. The van der Waals surface area contributed by atoms with E-state index in [1.54, 1.807) is 0 Å². The molecule has 0 saturated heterocycles. The number of thiophene rings is 1. The van der Waals surface area contributed by atoms with Crippen molar-refractivity contribution in [2.24, 2.45) is 0 Å². The molecule has 6 nitrogen and oxygen atoms in total. The number of aromatic nitrogens is 2. The van der Waals surface area contributed by atoms with Gasteiger partial charge < -0.3 is 0 Å². The third kappa shape index (κ3) is 3.45. The molecule has 2 heterocycles. The standard InChI is InChI=1S/C9H6ClF3N2O4S3/c1-21(16,17)15-7(9(11,12)13)4-5(14-15)6-2-3-8(20-6)22(10,18)19/h2-4H,1H3. The van der Waals surface area contributed by atoms with Crippen LogP contribution < -0.4 is 0 Å². The van der Waals surface area contributed by atoms with Gasteiger partial charge in [-0.15, -0.1) is 11.3 Å². The van der Waals surface area contributed by atoms with E-state index in [0.717, 1.165) is 6.07 Å². The molecule has 0 N–H and O–H groups in total. The maximum absolute atomic E-state index is 12.9. The van der Waals surface area contributed by atoms with E-state index < -0.39 is 30.9 Å². The Morgan fingerprint density at radius 3 is 2.18 bits per heavy atom. The molecule has 0 amide bonds. The second-order valence-corrected chi connectivity index (χ2v) is 9.76. The fraction of sp³-hybridized carbons (Fsp3) is 0.222. The Bertz CT molecular complexity index is 928. The Labute approximate surface area is 131 Å². The first-order valence-corrected chi connectivity index (χ1v) is 10.2. The first-order valence-electron chi connectivity index (χ1n) is 5.23. The number of hydrogen-bond acceptors (Lipinski definition) is 6. The molecule has 2 rings (SSSR count). The summed E-state index contributed by atoms with van der Waals surface area (Å²) in [5.74, 6) is 0. The van der Waals surface area contributed by atoms with Crippen LogP contribution in [0.1, 0.15) is 5.69 Å². The third-order valence-corrected chi connectivity index (χ3v) is 6.46. The van der Waals surface area contributed by atoms with Crippen LogP contribution in [0.15, 0.2) is 22.4 Å². The van der Waals surface area contributed by atoms with Crippen LogP contribution >= 0.6 is 22.0 Å². The lowest BCUT2D eigenvalue weighted by Gasteiger charge is -2.07. The summed E-state index contributed by atoms with van der Waals surface area (Å²) in [7, 11) is -3.19. The molecule has 0 aliphatic heterocycles. The molecular weight excluding hydrogens is 389 g/mol. The number of hydrogen-bond donors (Lipinski definition) is 0. The average molecular weight is 395 g/mol. The second kappa shape index (κ2) is 5.22. The summed E-state index contributed by atoms with van der Waals surface area (Å²) in [5.41, 5.74) is -1.80. The summed E-state index contributed by atoms with van der Waals surface area (Å²) < 4.78 is 83.2. The van der Waals surface area contributed by atoms with E-state index in [4.69, 9.17) is 10.7 Å². The zero-order valence-corrected chi connectivity index (χ0v) is 13.7. The molecule has 13 heteroatoms. The van der Waals surface area contributed by atoms with Crippen molar-refractivity contribution in [3.8, 4) is 10.6 Å². The number of halogens is 4. The van der Waals surface area contributed by atoms with Gasteiger partial charge in [-0.1, -0.05) is 0 Å². The Morgan fingerprint density at radius 2 is 1.82 bits per heavy atom. The predicted molar refractivity (Wildman–Crippen MR) is 73.8 cm³/mol. The first kappa shape index (κ1) is 17.2. The molecular formula is C9H6ClF3N2O4S3. The molecule has 22 heavy (non-hydrogen) atoms. The summed E-state index contributed by atoms with van der Waals surface area (Å²) in [6.45, 7) is 0. The Hall–Kier alpha value is -1.11. The second-order valence-electron chi connectivity index (χ2n) is 4.08. The van der Waals surface area contributed by atoms with Crippen molar-refractivity contribution in [1.82, 2.24) is 9.19 Å². The average Bonchev–Trinajstić information content (AvgIpc) is 2.93. The van der Waals surface area contributed by atoms with Gasteiger partial charge in [0.1, 0.15) is 9.90 Å². The van der Waals surface area contributed by atoms with Gasteiger partial charge in [0.15, 0.2) is 5.69 Å². The van der Waals surface area contributed by atoms with Crippen LogP contribution in [0.25, 0.3) is 10.6 Å². The topological polar surface area (TPSA) is 86.1 Å². The minimum atomic E-state index is -4.94. The van der Waals surface area contributed by atoms with Crippen molar-refractivity contribution in [1.29, 1.82) is 0 Å². The predicted octanol–water partition coefficient (Wildman–Crippen LogP) is 2.37. The molecule has 0 fully saturated rings. The molecule has 0 aliphatic carbocycles.